The summed E-state index contributed by atoms with van der Waals surface area (Å²) in [7, 11) is 0. The minimum absolute atomic E-state index is 0.116. The lowest BCUT2D eigenvalue weighted by molar-refractivity contribution is -0.261. The van der Waals surface area contributed by atoms with Gasteiger partial charge < -0.3 is 0 Å². The van der Waals surface area contributed by atoms with E-state index in [4.69, 9.17) is 0 Å². The topological polar surface area (TPSA) is 0 Å². The van der Waals surface area contributed by atoms with E-state index in [-0.39, 0.29) is 27.1 Å². The van der Waals surface area contributed by atoms with Crippen LogP contribution in [-0.4, -0.2) is 41.4 Å². The van der Waals surface area contributed by atoms with Crippen LogP contribution in [0.2, 0.25) is 0 Å². The highest BCUT2D eigenvalue weighted by Gasteiger charge is 2.62. The first-order chi connectivity index (χ1) is 17.6. The van der Waals surface area contributed by atoms with E-state index in [0.717, 1.165) is 6.08 Å². The van der Waals surface area contributed by atoms with Crippen LogP contribution in [0, 0.1) is 0 Å². The van der Waals surface area contributed by atoms with Gasteiger partial charge in [0.05, 0.1) is 6.42 Å². The average molecular weight is 1030 g/mol. The minimum atomic E-state index is -6.02. The molecule has 0 bridgehead atoms. The molecule has 0 radical (unpaired) electrons. The van der Waals surface area contributed by atoms with Gasteiger partial charge in [-0.15, -0.1) is 0 Å². The molecule has 0 N–H and O–H groups in total. The Hall–Kier alpha value is 0.210. The number of hydrogen-bond donors (Lipinski definition) is 0. The Morgan fingerprint density at radius 2 is 1.02 bits per heavy atom. The van der Waals surface area contributed by atoms with Gasteiger partial charge in [0.25, 0.3) is 12.2 Å². The number of hydrogen-bond acceptors (Lipinski definition) is 0. The first-order valence-corrected chi connectivity index (χ1v) is 12.8. The van der Waals surface area contributed by atoms with E-state index in [0.29, 0.717) is 0 Å². The van der Waals surface area contributed by atoms with Crippen LogP contribution in [0.25, 0.3) is 0 Å². The lowest BCUT2D eigenvalue weighted by atomic mass is 10.3. The fourth-order valence-corrected chi connectivity index (χ4v) is 1.82. The van der Waals surface area contributed by atoms with Crippen molar-refractivity contribution in [1.82, 2.24) is 0 Å². The summed E-state index contributed by atoms with van der Waals surface area (Å²) in [5.74, 6) is -11.0. The van der Waals surface area contributed by atoms with E-state index < -0.39 is 68.0 Å². The maximum atomic E-state index is 11.9. The zero-order chi connectivity index (χ0) is 34.6. The van der Waals surface area contributed by atoms with E-state index in [1.807, 2.05) is 0 Å². The molecule has 0 rings (SSSR count). The van der Waals surface area contributed by atoms with Gasteiger partial charge in [-0.05, 0) is 43.5 Å². The molecule has 41 heavy (non-hydrogen) atoms. The number of rotatable bonds is 4. The van der Waals surface area contributed by atoms with Crippen LogP contribution in [0.5, 0.6) is 0 Å². The Morgan fingerprint density at radius 3 is 1.10 bits per heavy atom. The Labute approximate surface area is 263 Å². The molecule has 0 heterocycles. The molecule has 246 valence electrons. The van der Waals surface area contributed by atoms with E-state index in [9.17, 15) is 87.8 Å². The van der Waals surface area contributed by atoms with Gasteiger partial charge in [-0.25, -0.2) is 0 Å². The zero-order valence-corrected chi connectivity index (χ0v) is 26.6. The molecule has 25 heteroatoms. The average Bonchev–Trinajstić information content (AvgIpc) is 2.74. The van der Waals surface area contributed by atoms with Crippen molar-refractivity contribution in [3.63, 3.8) is 0 Å². The molecule has 0 aromatic heterocycles. The molecule has 0 aromatic carbocycles. The van der Waals surface area contributed by atoms with Crippen LogP contribution in [0.3, 0.4) is 0 Å². The van der Waals surface area contributed by atoms with Crippen LogP contribution >= 0.6 is 86.3 Å². The largest absolute Gasteiger partial charge is 0.458 e. The molecular formula is C16H7Br4F20I. The van der Waals surface area contributed by atoms with E-state index >= 15 is 0 Å². The first kappa shape index (κ1) is 48.1. The molecule has 0 aliphatic heterocycles. The van der Waals surface area contributed by atoms with Crippen molar-refractivity contribution in [2.75, 3.05) is 0 Å². The summed E-state index contributed by atoms with van der Waals surface area (Å²) in [6.07, 6.45) is -26.3. The van der Waals surface area contributed by atoms with E-state index in [1.165, 1.54) is 20.9 Å². The summed E-state index contributed by atoms with van der Waals surface area (Å²) in [4.78, 5) is -0.453. The predicted molar refractivity (Wildman–Crippen MR) is 129 cm³/mol. The Kier molecular flexibility index (Phi) is 22.2. The lowest BCUT2D eigenvalue weighted by Gasteiger charge is -2.17. The normalized spacial score (nSPS) is 13.5. The van der Waals surface area contributed by atoms with Crippen molar-refractivity contribution >= 4 is 86.3 Å². The second-order valence-electron chi connectivity index (χ2n) is 5.83. The fraction of sp³-hybridized carbons (Fsp3) is 0.500. The van der Waals surface area contributed by atoms with Gasteiger partial charge in [0.1, 0.15) is 12.9 Å². The number of halogens is 25. The molecule has 1 atom stereocenters. The van der Waals surface area contributed by atoms with E-state index in [2.05, 4.69) is 54.4 Å². The zero-order valence-electron chi connectivity index (χ0n) is 18.1. The smallest absolute Gasteiger partial charge is 0.190 e. The molecular weight excluding hydrogens is 1020 g/mol. The highest BCUT2D eigenvalue weighted by atomic mass is 127. The minimum Gasteiger partial charge on any atom is -0.190 e. The summed E-state index contributed by atoms with van der Waals surface area (Å²) < 4.78 is 224. The molecule has 0 saturated heterocycles. The quantitative estimate of drug-likeness (QED) is 0.150. The van der Waals surface area contributed by atoms with Gasteiger partial charge in [0, 0.05) is 4.48 Å². The summed E-state index contributed by atoms with van der Waals surface area (Å²) >= 11 is 9.45. The van der Waals surface area contributed by atoms with Gasteiger partial charge in [-0.2, -0.15) is 87.8 Å². The molecule has 1 unspecified atom stereocenters. The SMILES string of the molecule is C=C(Br)C(Br)C(F)(F)F.FC(F)(F)CC=CBr.FC(F)=C(Br)C(F)(F)C(F)(F)F.FC(F)=C(I)C(F)(F)C(F)(F)F. The maximum absolute atomic E-state index is 11.9. The fourth-order valence-electron chi connectivity index (χ4n) is 0.842. The van der Waals surface area contributed by atoms with Crippen molar-refractivity contribution < 1.29 is 87.8 Å². The highest BCUT2D eigenvalue weighted by Crippen LogP contribution is 2.46. The summed E-state index contributed by atoms with van der Waals surface area (Å²) in [5.41, 5.74) is 0. The van der Waals surface area contributed by atoms with Crippen LogP contribution in [0.15, 0.2) is 42.3 Å². The van der Waals surface area contributed by atoms with Crippen molar-refractivity contribution in [1.29, 1.82) is 0 Å². The molecule has 0 saturated carbocycles. The Morgan fingerprint density at radius 1 is 0.683 bits per heavy atom. The molecule has 0 spiro atoms. The van der Waals surface area contributed by atoms with E-state index in [1.54, 1.807) is 0 Å². The van der Waals surface area contributed by atoms with Gasteiger partial charge >= 0.3 is 36.6 Å². The van der Waals surface area contributed by atoms with Crippen molar-refractivity contribution in [2.45, 2.75) is 47.8 Å². The lowest BCUT2D eigenvalue weighted by Crippen LogP contribution is -2.36. The monoisotopic (exact) mass is 1020 g/mol. The summed E-state index contributed by atoms with van der Waals surface area (Å²) in [5, 5.41) is 0. The summed E-state index contributed by atoms with van der Waals surface area (Å²) in [6, 6.07) is 0. The molecule has 0 aliphatic rings. The molecule has 0 fully saturated rings. The van der Waals surface area contributed by atoms with Crippen LogP contribution < -0.4 is 0 Å². The highest BCUT2D eigenvalue weighted by molar-refractivity contribution is 14.1. The van der Waals surface area contributed by atoms with Crippen LogP contribution in [-0.2, 0) is 0 Å². The van der Waals surface area contributed by atoms with Crippen molar-refractivity contribution in [3.05, 3.63) is 42.3 Å². The Bertz CT molecular complexity index is 841. The maximum Gasteiger partial charge on any atom is 0.458 e. The van der Waals surface area contributed by atoms with Gasteiger partial charge in [-0.3, -0.25) is 0 Å². The van der Waals surface area contributed by atoms with Crippen molar-refractivity contribution in [3.8, 4) is 0 Å². The standard InChI is InChI=1S/C4H3Br2F3.C4BrF7.C4H4BrF3.C4F7I/c1-2(5)3(6)4(7,8)9;5-1(2(6)7)3(8,9)4(10,11)12;5-3-1-2-4(6,7)8;5-2(6)1(12)3(7,8)4(9,10)11/h3H,1H2;;1,3H,2H2;. The third-order valence-electron chi connectivity index (χ3n) is 2.60. The summed E-state index contributed by atoms with van der Waals surface area (Å²) in [6.45, 7) is 3.07. The number of alkyl halides is 17. The third-order valence-corrected chi connectivity index (χ3v) is 7.00. The molecule has 0 aromatic rings. The number of allylic oxidation sites excluding steroid dienone is 4. The predicted octanol–water partition coefficient (Wildman–Crippen LogP) is 13.5. The molecule has 0 amide bonds. The third kappa shape index (κ3) is 20.7. The van der Waals surface area contributed by atoms with Gasteiger partial charge in [0.2, 0.25) is 0 Å². The van der Waals surface area contributed by atoms with Gasteiger partial charge in [0.15, 0.2) is 0 Å². The van der Waals surface area contributed by atoms with Crippen LogP contribution in [0.1, 0.15) is 6.42 Å². The second-order valence-corrected chi connectivity index (χ2v) is 10.2. The first-order valence-electron chi connectivity index (χ1n) is 8.31. The van der Waals surface area contributed by atoms with Crippen molar-refractivity contribution in [2.24, 2.45) is 0 Å². The van der Waals surface area contributed by atoms with Gasteiger partial charge in [-0.1, -0.05) is 60.4 Å². The molecule has 0 aliphatic carbocycles. The van der Waals surface area contributed by atoms with Crippen LogP contribution in [0.4, 0.5) is 87.8 Å². The second kappa shape index (κ2) is 18.9. The molecule has 0 nitrogen and oxygen atoms in total. The Balaban J connectivity index is -0.000000226.